The van der Waals surface area contributed by atoms with E-state index in [1.54, 1.807) is 13.2 Å². The molecule has 0 aliphatic rings. The molecule has 6 heteroatoms. The summed E-state index contributed by atoms with van der Waals surface area (Å²) >= 11 is 0. The Morgan fingerprint density at radius 1 is 1.13 bits per heavy atom. The maximum Gasteiger partial charge on any atom is 0.302 e. The third-order valence-corrected chi connectivity index (χ3v) is 2.95. The van der Waals surface area contributed by atoms with Gasteiger partial charge in [-0.15, -0.1) is 5.11 Å². The van der Waals surface area contributed by atoms with E-state index < -0.39 is 0 Å². The predicted octanol–water partition coefficient (Wildman–Crippen LogP) is 4.09. The highest BCUT2D eigenvalue weighted by atomic mass is 16.5. The first-order valence-corrected chi connectivity index (χ1v) is 7.21. The summed E-state index contributed by atoms with van der Waals surface area (Å²) in [7, 11) is 1.61. The Hall–Kier alpha value is -2.89. The number of anilines is 1. The molecular formula is C17H19N3O3. The lowest BCUT2D eigenvalue weighted by atomic mass is 10.2. The second-order valence-corrected chi connectivity index (χ2v) is 4.69. The fraction of sp³-hybridized carbons (Fsp3) is 0.235. The third kappa shape index (κ3) is 5.43. The van der Waals surface area contributed by atoms with Gasteiger partial charge in [0.05, 0.1) is 18.5 Å². The summed E-state index contributed by atoms with van der Waals surface area (Å²) in [4.78, 5) is 10.7. The van der Waals surface area contributed by atoms with E-state index in [0.29, 0.717) is 24.5 Å². The Kier molecular flexibility index (Phi) is 6.11. The van der Waals surface area contributed by atoms with Crippen molar-refractivity contribution in [2.45, 2.75) is 6.92 Å². The Labute approximate surface area is 135 Å². The average Bonchev–Trinajstić information content (AvgIpc) is 2.57. The van der Waals surface area contributed by atoms with Crippen molar-refractivity contribution in [1.82, 2.24) is 0 Å². The molecule has 1 N–H and O–H groups in total. The number of nitrogens with one attached hydrogen (secondary N) is 1. The number of para-hydroxylation sites is 1. The number of methoxy groups -OCH3 is 1. The van der Waals surface area contributed by atoms with Crippen LogP contribution in [0.2, 0.25) is 0 Å². The molecule has 0 spiro atoms. The van der Waals surface area contributed by atoms with E-state index in [9.17, 15) is 4.79 Å². The first-order valence-electron chi connectivity index (χ1n) is 7.21. The quantitative estimate of drug-likeness (QED) is 0.475. The molecule has 0 unspecified atom stereocenters. The zero-order chi connectivity index (χ0) is 16.5. The molecule has 0 bridgehead atoms. The van der Waals surface area contributed by atoms with Crippen LogP contribution in [0.3, 0.4) is 0 Å². The maximum atomic E-state index is 10.7. The van der Waals surface area contributed by atoms with Gasteiger partial charge in [-0.3, -0.25) is 4.79 Å². The molecule has 0 aliphatic heterocycles. The molecule has 0 heterocycles. The predicted molar refractivity (Wildman–Crippen MR) is 88.7 cm³/mol. The van der Waals surface area contributed by atoms with Crippen molar-refractivity contribution in [1.29, 1.82) is 0 Å². The maximum absolute atomic E-state index is 10.7. The molecule has 120 valence electrons. The van der Waals surface area contributed by atoms with Crippen LogP contribution in [-0.2, 0) is 9.53 Å². The number of benzene rings is 2. The van der Waals surface area contributed by atoms with E-state index in [2.05, 4.69) is 15.5 Å². The summed E-state index contributed by atoms with van der Waals surface area (Å²) in [5.74, 6) is 0.437. The minimum atomic E-state index is -0.294. The van der Waals surface area contributed by atoms with Crippen molar-refractivity contribution < 1.29 is 14.3 Å². The van der Waals surface area contributed by atoms with E-state index in [1.807, 2.05) is 42.5 Å². The molecule has 0 radical (unpaired) electrons. The number of carbonyl (C=O) groups is 1. The monoisotopic (exact) mass is 313 g/mol. The molecule has 23 heavy (non-hydrogen) atoms. The van der Waals surface area contributed by atoms with Gasteiger partial charge in [0.1, 0.15) is 18.0 Å². The van der Waals surface area contributed by atoms with Gasteiger partial charge in [0.2, 0.25) is 0 Å². The number of azo groups is 1. The van der Waals surface area contributed by atoms with Crippen LogP contribution in [0.4, 0.5) is 17.1 Å². The SMILES string of the molecule is COc1cccc(/N=N/c2ccccc2NCCOC(C)=O)c1. The van der Waals surface area contributed by atoms with Crippen LogP contribution in [0, 0.1) is 0 Å². The van der Waals surface area contributed by atoms with Gasteiger partial charge in [-0.1, -0.05) is 18.2 Å². The van der Waals surface area contributed by atoms with Gasteiger partial charge < -0.3 is 14.8 Å². The summed E-state index contributed by atoms with van der Waals surface area (Å²) in [6.07, 6.45) is 0. The number of hydrogen-bond donors (Lipinski definition) is 1. The Balaban J connectivity index is 2.04. The smallest absolute Gasteiger partial charge is 0.302 e. The summed E-state index contributed by atoms with van der Waals surface area (Å²) in [6, 6.07) is 14.9. The zero-order valence-corrected chi connectivity index (χ0v) is 13.2. The van der Waals surface area contributed by atoms with Crippen LogP contribution >= 0.6 is 0 Å². The largest absolute Gasteiger partial charge is 0.497 e. The van der Waals surface area contributed by atoms with Crippen molar-refractivity contribution >= 4 is 23.0 Å². The van der Waals surface area contributed by atoms with Crippen molar-refractivity contribution in [3.63, 3.8) is 0 Å². The van der Waals surface area contributed by atoms with E-state index in [1.165, 1.54) is 6.92 Å². The van der Waals surface area contributed by atoms with Crippen LogP contribution in [0.25, 0.3) is 0 Å². The van der Waals surface area contributed by atoms with Crippen molar-refractivity contribution in [3.05, 3.63) is 48.5 Å². The van der Waals surface area contributed by atoms with E-state index in [0.717, 1.165) is 11.4 Å². The summed E-state index contributed by atoms with van der Waals surface area (Å²) in [5, 5.41) is 11.7. The van der Waals surface area contributed by atoms with Gasteiger partial charge in [-0.2, -0.15) is 5.11 Å². The Morgan fingerprint density at radius 2 is 1.96 bits per heavy atom. The molecule has 0 aromatic heterocycles. The van der Waals surface area contributed by atoms with Gasteiger partial charge in [-0.25, -0.2) is 0 Å². The topological polar surface area (TPSA) is 72.3 Å². The van der Waals surface area contributed by atoms with Crippen molar-refractivity contribution in [2.75, 3.05) is 25.6 Å². The molecule has 0 aliphatic carbocycles. The fourth-order valence-electron chi connectivity index (χ4n) is 1.88. The van der Waals surface area contributed by atoms with Crippen molar-refractivity contribution in [2.24, 2.45) is 10.2 Å². The van der Waals surface area contributed by atoms with Crippen LogP contribution in [0.15, 0.2) is 58.8 Å². The van der Waals surface area contributed by atoms with Gasteiger partial charge >= 0.3 is 5.97 Å². The minimum absolute atomic E-state index is 0.294. The van der Waals surface area contributed by atoms with Crippen LogP contribution in [-0.4, -0.2) is 26.2 Å². The molecule has 0 amide bonds. The van der Waals surface area contributed by atoms with Gasteiger partial charge in [0, 0.05) is 19.5 Å². The van der Waals surface area contributed by atoms with Crippen molar-refractivity contribution in [3.8, 4) is 5.75 Å². The highest BCUT2D eigenvalue weighted by molar-refractivity contribution is 5.66. The molecule has 2 aromatic carbocycles. The lowest BCUT2D eigenvalue weighted by Crippen LogP contribution is -2.11. The second-order valence-electron chi connectivity index (χ2n) is 4.69. The zero-order valence-electron chi connectivity index (χ0n) is 13.2. The number of rotatable bonds is 7. The number of nitrogens with zero attached hydrogens (tertiary/aromatic N) is 2. The molecule has 2 aromatic rings. The summed E-state index contributed by atoms with van der Waals surface area (Å²) in [5.41, 5.74) is 2.24. The van der Waals surface area contributed by atoms with Gasteiger partial charge in [0.15, 0.2) is 0 Å². The number of ether oxygens (including phenoxy) is 2. The van der Waals surface area contributed by atoms with Gasteiger partial charge in [-0.05, 0) is 24.3 Å². The van der Waals surface area contributed by atoms with Gasteiger partial charge in [0.25, 0.3) is 0 Å². The third-order valence-electron chi connectivity index (χ3n) is 2.95. The highest BCUT2D eigenvalue weighted by Crippen LogP contribution is 2.27. The second kappa shape index (κ2) is 8.53. The number of carbonyl (C=O) groups excluding carboxylic acids is 1. The van der Waals surface area contributed by atoms with Crippen LogP contribution in [0.1, 0.15) is 6.92 Å². The molecular weight excluding hydrogens is 294 g/mol. The van der Waals surface area contributed by atoms with Crippen LogP contribution < -0.4 is 10.1 Å². The molecule has 0 fully saturated rings. The molecule has 0 saturated heterocycles. The van der Waals surface area contributed by atoms with E-state index in [4.69, 9.17) is 9.47 Å². The number of esters is 1. The standard InChI is InChI=1S/C17H19N3O3/c1-13(21)23-11-10-18-16-8-3-4-9-17(16)20-19-14-6-5-7-15(12-14)22-2/h3-9,12,18H,10-11H2,1-2H3/b20-19+. The normalized spacial score (nSPS) is 10.5. The molecule has 6 nitrogen and oxygen atoms in total. The minimum Gasteiger partial charge on any atom is -0.497 e. The molecule has 0 saturated carbocycles. The van der Waals surface area contributed by atoms with E-state index >= 15 is 0 Å². The molecule has 2 rings (SSSR count). The number of hydrogen-bond acceptors (Lipinski definition) is 6. The first kappa shape index (κ1) is 16.5. The fourth-order valence-corrected chi connectivity index (χ4v) is 1.88. The average molecular weight is 313 g/mol. The van der Waals surface area contributed by atoms with Crippen LogP contribution in [0.5, 0.6) is 5.75 Å². The highest BCUT2D eigenvalue weighted by Gasteiger charge is 2.01. The molecule has 0 atom stereocenters. The Morgan fingerprint density at radius 3 is 2.74 bits per heavy atom. The first-order chi connectivity index (χ1) is 11.2. The summed E-state index contributed by atoms with van der Waals surface area (Å²) < 4.78 is 10.0. The van der Waals surface area contributed by atoms with E-state index in [-0.39, 0.29) is 5.97 Å². The lowest BCUT2D eigenvalue weighted by molar-refractivity contribution is -0.140. The Bertz CT molecular complexity index is 686. The lowest BCUT2D eigenvalue weighted by Gasteiger charge is -2.08. The summed E-state index contributed by atoms with van der Waals surface area (Å²) in [6.45, 7) is 2.19.